The van der Waals surface area contributed by atoms with Gasteiger partial charge in [0.15, 0.2) is 0 Å². The van der Waals surface area contributed by atoms with Crippen LogP contribution in [0.4, 0.5) is 15.3 Å². The molecule has 21 heteroatoms. The number of methoxy groups -OCH3 is 2. The number of ether oxygens (including phenoxy) is 4. The molecule has 434 valence electrons. The third kappa shape index (κ3) is 18.1. The van der Waals surface area contributed by atoms with Crippen LogP contribution in [0, 0.1) is 23.7 Å². The molecule has 0 bridgehead atoms. The van der Waals surface area contributed by atoms with Crippen molar-refractivity contribution in [3.8, 4) is 0 Å². The summed E-state index contributed by atoms with van der Waals surface area (Å²) in [4.78, 5) is 105. The Balaban J connectivity index is 1.17. The van der Waals surface area contributed by atoms with E-state index in [0.29, 0.717) is 37.1 Å². The van der Waals surface area contributed by atoms with Gasteiger partial charge in [0.2, 0.25) is 23.6 Å². The third-order valence-electron chi connectivity index (χ3n) is 15.1. The van der Waals surface area contributed by atoms with Gasteiger partial charge in [-0.1, -0.05) is 114 Å². The predicted molar refractivity (Wildman–Crippen MR) is 305 cm³/mol. The lowest BCUT2D eigenvalue weighted by molar-refractivity contribution is -0.148. The van der Waals surface area contributed by atoms with E-state index in [1.54, 1.807) is 114 Å². The monoisotopic (exact) mass is 1130 g/mol. The van der Waals surface area contributed by atoms with Crippen LogP contribution in [0.15, 0.2) is 84.0 Å². The highest BCUT2D eigenvalue weighted by molar-refractivity contribution is 8.76. The molecule has 3 unspecified atom stereocenters. The molecule has 2 fully saturated rings. The van der Waals surface area contributed by atoms with Gasteiger partial charge in [0, 0.05) is 53.2 Å². The Morgan fingerprint density at radius 1 is 0.797 bits per heavy atom. The number of nitrogens with one attached hydrogen (secondary N) is 3. The van der Waals surface area contributed by atoms with E-state index in [2.05, 4.69) is 20.9 Å². The molecule has 0 radical (unpaired) electrons. The molecular formula is C58H83N7O12S2. The SMILES string of the molecule is CC[C@H](C)[C@@H]([C@@H](CC(=O)N1CCCC1[C@H](OC)[C@@H](C)C(=O)N[C@@H](Cc1ccccc1)C(=O)O)OC)N(C)C(=O)C(NC(=O)C(C(C)C)N(C)C(=O)OCc1ccc(NC(=O)O[C@@H]2CCC[C@H]2SSc2ccccn2)cc1)C(C)C. The Morgan fingerprint density at radius 3 is 2.10 bits per heavy atom. The highest BCUT2D eigenvalue weighted by Gasteiger charge is 2.44. The van der Waals surface area contributed by atoms with Crippen LogP contribution in [0.25, 0.3) is 0 Å². The summed E-state index contributed by atoms with van der Waals surface area (Å²) in [5.41, 5.74) is 1.92. The van der Waals surface area contributed by atoms with E-state index in [-0.39, 0.29) is 54.5 Å². The number of aliphatic carboxylic acids is 1. The number of benzene rings is 2. The molecule has 6 amide bonds. The number of hydrogen-bond donors (Lipinski definition) is 4. The van der Waals surface area contributed by atoms with Crippen LogP contribution in [0.3, 0.4) is 0 Å². The van der Waals surface area contributed by atoms with Crippen LogP contribution in [0.1, 0.15) is 105 Å². The third-order valence-corrected chi connectivity index (χ3v) is 17.9. The lowest BCUT2D eigenvalue weighted by Gasteiger charge is -2.41. The fourth-order valence-corrected chi connectivity index (χ4v) is 13.2. The molecule has 2 heterocycles. The number of rotatable bonds is 28. The topological polar surface area (TPSA) is 235 Å². The second-order valence-corrected chi connectivity index (χ2v) is 23.8. The zero-order valence-electron chi connectivity index (χ0n) is 47.6. The Bertz CT molecular complexity index is 2460. The summed E-state index contributed by atoms with van der Waals surface area (Å²) in [5.74, 6) is -4.60. The molecule has 79 heavy (non-hydrogen) atoms. The van der Waals surface area contributed by atoms with E-state index in [9.17, 15) is 38.7 Å². The maximum absolute atomic E-state index is 14.7. The van der Waals surface area contributed by atoms with Crippen LogP contribution < -0.4 is 16.0 Å². The zero-order chi connectivity index (χ0) is 57.9. The number of aromatic nitrogens is 1. The number of carboxylic acid groups (broad SMARTS) is 1. The molecule has 1 saturated heterocycles. The fourth-order valence-electron chi connectivity index (χ4n) is 10.5. The Hall–Kier alpha value is -5.90. The average Bonchev–Trinajstić information content (AvgIpc) is 4.17. The summed E-state index contributed by atoms with van der Waals surface area (Å²) in [6.45, 7) is 13.2. The quantitative estimate of drug-likeness (QED) is 0.0499. The number of pyridine rings is 1. The molecule has 1 aromatic heterocycles. The second-order valence-electron chi connectivity index (χ2n) is 21.3. The molecule has 0 spiro atoms. The number of anilines is 1. The Morgan fingerprint density at radius 2 is 1.49 bits per heavy atom. The average molecular weight is 1130 g/mol. The number of likely N-dealkylation sites (tertiary alicyclic amines) is 1. The van der Waals surface area contributed by atoms with Gasteiger partial charge in [-0.2, -0.15) is 0 Å². The van der Waals surface area contributed by atoms with Crippen LogP contribution in [0.5, 0.6) is 0 Å². The minimum absolute atomic E-state index is 0.0971. The van der Waals surface area contributed by atoms with Gasteiger partial charge in [0.05, 0.1) is 41.9 Å². The molecule has 2 aromatic carbocycles. The van der Waals surface area contributed by atoms with Gasteiger partial charge >= 0.3 is 18.2 Å². The van der Waals surface area contributed by atoms with Crippen molar-refractivity contribution >= 4 is 69.1 Å². The molecule has 11 atom stereocenters. The van der Waals surface area contributed by atoms with Gasteiger partial charge in [-0.05, 0) is 96.0 Å². The van der Waals surface area contributed by atoms with Gasteiger partial charge in [-0.15, -0.1) is 0 Å². The first kappa shape index (κ1) is 63.9. The summed E-state index contributed by atoms with van der Waals surface area (Å²) < 4.78 is 23.5. The number of likely N-dealkylation sites (N-methyl/N-ethyl adjacent to an activating group) is 2. The lowest BCUT2D eigenvalue weighted by Crippen LogP contribution is -2.60. The van der Waals surface area contributed by atoms with E-state index < -0.39 is 84.2 Å². The molecule has 4 N–H and O–H groups in total. The van der Waals surface area contributed by atoms with E-state index >= 15 is 0 Å². The van der Waals surface area contributed by atoms with E-state index in [0.717, 1.165) is 29.9 Å². The summed E-state index contributed by atoms with van der Waals surface area (Å²) in [7, 11) is 9.33. The number of hydrogen-bond acceptors (Lipinski definition) is 14. The first-order chi connectivity index (χ1) is 37.7. The maximum Gasteiger partial charge on any atom is 0.411 e. The summed E-state index contributed by atoms with van der Waals surface area (Å²) in [5, 5.41) is 19.4. The zero-order valence-corrected chi connectivity index (χ0v) is 49.3. The highest BCUT2D eigenvalue weighted by atomic mass is 33.1. The van der Waals surface area contributed by atoms with Gasteiger partial charge in [-0.3, -0.25) is 29.4 Å². The molecule has 5 rings (SSSR count). The van der Waals surface area contributed by atoms with Crippen molar-refractivity contribution in [1.29, 1.82) is 0 Å². The number of carboxylic acids is 1. The number of nitrogens with zero attached hydrogens (tertiary/aromatic N) is 4. The molecule has 1 aliphatic carbocycles. The first-order valence-electron chi connectivity index (χ1n) is 27.4. The van der Waals surface area contributed by atoms with Gasteiger partial charge in [0.25, 0.3) is 0 Å². The van der Waals surface area contributed by atoms with Gasteiger partial charge in [0.1, 0.15) is 35.9 Å². The summed E-state index contributed by atoms with van der Waals surface area (Å²) >= 11 is 0. The van der Waals surface area contributed by atoms with Crippen molar-refractivity contribution in [2.45, 2.75) is 165 Å². The van der Waals surface area contributed by atoms with Gasteiger partial charge < -0.3 is 44.5 Å². The van der Waals surface area contributed by atoms with Crippen LogP contribution in [-0.4, -0.2) is 155 Å². The first-order valence-corrected chi connectivity index (χ1v) is 29.6. The van der Waals surface area contributed by atoms with Crippen LogP contribution in [0.2, 0.25) is 0 Å². The Kier molecular flexibility index (Phi) is 25.2. The van der Waals surface area contributed by atoms with Gasteiger partial charge in [-0.25, -0.2) is 19.4 Å². The minimum Gasteiger partial charge on any atom is -0.480 e. The smallest absolute Gasteiger partial charge is 0.411 e. The molecule has 19 nitrogen and oxygen atoms in total. The fraction of sp³-hybridized carbons (Fsp3) is 0.586. The highest BCUT2D eigenvalue weighted by Crippen LogP contribution is 2.42. The molecular weight excluding hydrogens is 1050 g/mol. The molecule has 3 aromatic rings. The van der Waals surface area contributed by atoms with E-state index in [1.807, 2.05) is 52.0 Å². The number of amides is 6. The number of carbonyl (C=O) groups is 7. The van der Waals surface area contributed by atoms with Crippen molar-refractivity contribution < 1.29 is 57.6 Å². The van der Waals surface area contributed by atoms with E-state index in [4.69, 9.17) is 18.9 Å². The lowest BCUT2D eigenvalue weighted by atomic mass is 9.89. The predicted octanol–water partition coefficient (Wildman–Crippen LogP) is 8.46. The second kappa shape index (κ2) is 31.2. The van der Waals surface area contributed by atoms with Crippen LogP contribution >= 0.6 is 21.6 Å². The summed E-state index contributed by atoms with van der Waals surface area (Å²) in [6.07, 6.45) is 3.23. The van der Waals surface area contributed by atoms with Crippen molar-refractivity contribution in [3.05, 3.63) is 90.1 Å². The van der Waals surface area contributed by atoms with Crippen molar-refractivity contribution in [3.63, 3.8) is 0 Å². The Labute approximate surface area is 474 Å². The maximum atomic E-state index is 14.7. The molecule has 2 aliphatic rings. The standard InChI is InChI=1S/C58H83N7O12S2/c1-12-37(6)51(45(74-10)33-48(66)65-31-19-22-43(65)52(75-11)38(7)53(67)61-42(56(70)71)32-39-20-14-13-15-21-39)63(8)55(69)49(35(2)3)62-54(68)50(36(4)5)64(9)58(73)76-34-40-26-28-41(29-27-40)60-57(72)77-44-23-18-24-46(44)78-79-47-25-16-17-30-59-47/h13-17,20-21,25-30,35-38,42-46,49-52H,12,18-19,22-24,31-34H2,1-11H3,(H,60,72)(H,61,67)(H,62,68)(H,70,71)/t37-,38+,42-,43?,44+,45+,46+,49?,50?,51-,52+/m0/s1. The van der Waals surface area contributed by atoms with Crippen molar-refractivity contribution in [1.82, 2.24) is 30.3 Å². The summed E-state index contributed by atoms with van der Waals surface area (Å²) in [6, 6.07) is 17.3. The van der Waals surface area contributed by atoms with Crippen molar-refractivity contribution in [2.75, 3.05) is 40.2 Å². The molecule has 1 saturated carbocycles. The minimum atomic E-state index is -1.17. The van der Waals surface area contributed by atoms with Crippen molar-refractivity contribution in [2.24, 2.45) is 23.7 Å². The number of carbonyl (C=O) groups excluding carboxylic acids is 6. The molecule has 1 aliphatic heterocycles. The largest absolute Gasteiger partial charge is 0.480 e. The van der Waals surface area contributed by atoms with E-state index in [1.165, 1.54) is 26.2 Å². The normalized spacial score (nSPS) is 19.3. The van der Waals surface area contributed by atoms with Crippen LogP contribution in [-0.2, 0) is 55.9 Å².